The molecule has 9 heteroatoms. The molecule has 138 valence electrons. The standard InChI is InChI=1S/C17H20N4O4S/c22-15(21-4-7-24-8-5-21)10-20-3-1-13-14(9-20)26-17(18-13)19-16(23)12-2-6-25-11-12/h2,6,11H,1,3-5,7-10H2,(H,18,19,23). The highest BCUT2D eigenvalue weighted by Gasteiger charge is 2.25. The van der Waals surface area contributed by atoms with Crippen LogP contribution in [0.15, 0.2) is 23.0 Å². The highest BCUT2D eigenvalue weighted by Crippen LogP contribution is 2.28. The third-order valence-electron chi connectivity index (χ3n) is 4.54. The number of hydrogen-bond donors (Lipinski definition) is 1. The smallest absolute Gasteiger partial charge is 0.260 e. The number of nitrogens with zero attached hydrogens (tertiary/aromatic N) is 3. The van der Waals surface area contributed by atoms with E-state index in [1.807, 2.05) is 4.90 Å². The van der Waals surface area contributed by atoms with E-state index in [0.29, 0.717) is 50.1 Å². The molecule has 2 amide bonds. The minimum Gasteiger partial charge on any atom is -0.472 e. The highest BCUT2D eigenvalue weighted by atomic mass is 32.1. The van der Waals surface area contributed by atoms with Crippen molar-refractivity contribution in [2.24, 2.45) is 0 Å². The summed E-state index contributed by atoms with van der Waals surface area (Å²) in [7, 11) is 0. The second-order valence-corrected chi connectivity index (χ2v) is 7.39. The lowest BCUT2D eigenvalue weighted by Crippen LogP contribution is -2.46. The number of hydrogen-bond acceptors (Lipinski definition) is 7. The molecule has 1 N–H and O–H groups in total. The number of ether oxygens (including phenoxy) is 1. The Morgan fingerprint density at radius 2 is 2.12 bits per heavy atom. The molecule has 0 aromatic carbocycles. The molecule has 0 spiro atoms. The molecule has 1 fully saturated rings. The summed E-state index contributed by atoms with van der Waals surface area (Å²) < 4.78 is 10.2. The first-order chi connectivity index (χ1) is 12.7. The van der Waals surface area contributed by atoms with Gasteiger partial charge < -0.3 is 14.1 Å². The first-order valence-corrected chi connectivity index (χ1v) is 9.41. The van der Waals surface area contributed by atoms with Crippen molar-refractivity contribution in [3.63, 3.8) is 0 Å². The van der Waals surface area contributed by atoms with Gasteiger partial charge in [0, 0.05) is 37.5 Å². The zero-order chi connectivity index (χ0) is 17.9. The third kappa shape index (κ3) is 3.79. The Morgan fingerprint density at radius 3 is 2.88 bits per heavy atom. The van der Waals surface area contributed by atoms with Crippen LogP contribution in [0.5, 0.6) is 0 Å². The van der Waals surface area contributed by atoms with E-state index in [1.165, 1.54) is 23.9 Å². The molecule has 2 aliphatic rings. The number of aromatic nitrogens is 1. The summed E-state index contributed by atoms with van der Waals surface area (Å²) in [6.45, 7) is 4.46. The molecule has 0 aliphatic carbocycles. The van der Waals surface area contributed by atoms with Crippen LogP contribution in [0.2, 0.25) is 0 Å². The number of fused-ring (bicyclic) bond motifs is 1. The molecule has 4 heterocycles. The van der Waals surface area contributed by atoms with Gasteiger partial charge in [-0.2, -0.15) is 0 Å². The molecule has 4 rings (SSSR count). The van der Waals surface area contributed by atoms with E-state index in [9.17, 15) is 9.59 Å². The first kappa shape index (κ1) is 17.2. The van der Waals surface area contributed by atoms with Crippen molar-refractivity contribution in [3.05, 3.63) is 34.7 Å². The molecular weight excluding hydrogens is 356 g/mol. The fraction of sp³-hybridized carbons (Fsp3) is 0.471. The van der Waals surface area contributed by atoms with Crippen LogP contribution in [-0.4, -0.2) is 66.0 Å². The zero-order valence-corrected chi connectivity index (χ0v) is 15.1. The Morgan fingerprint density at radius 1 is 1.27 bits per heavy atom. The number of rotatable bonds is 4. The lowest BCUT2D eigenvalue weighted by molar-refractivity contribution is -0.136. The Hall–Kier alpha value is -2.23. The van der Waals surface area contributed by atoms with E-state index in [-0.39, 0.29) is 11.8 Å². The Labute approximate surface area is 154 Å². The van der Waals surface area contributed by atoms with E-state index in [4.69, 9.17) is 9.15 Å². The summed E-state index contributed by atoms with van der Waals surface area (Å²) in [4.78, 5) is 34.1. The minimum absolute atomic E-state index is 0.148. The van der Waals surface area contributed by atoms with Gasteiger partial charge in [0.05, 0.1) is 37.3 Å². The predicted octanol–water partition coefficient (Wildman–Crippen LogP) is 1.21. The van der Waals surface area contributed by atoms with Crippen LogP contribution in [0, 0.1) is 0 Å². The first-order valence-electron chi connectivity index (χ1n) is 8.59. The van der Waals surface area contributed by atoms with Gasteiger partial charge in [-0.25, -0.2) is 4.98 Å². The molecule has 2 aromatic heterocycles. The van der Waals surface area contributed by atoms with Gasteiger partial charge in [-0.3, -0.25) is 19.8 Å². The maximum atomic E-state index is 12.4. The van der Waals surface area contributed by atoms with Gasteiger partial charge in [0.2, 0.25) is 5.91 Å². The van der Waals surface area contributed by atoms with Gasteiger partial charge in [0.25, 0.3) is 5.91 Å². The van der Waals surface area contributed by atoms with Crippen LogP contribution < -0.4 is 5.32 Å². The summed E-state index contributed by atoms with van der Waals surface area (Å²) in [6, 6.07) is 1.61. The quantitative estimate of drug-likeness (QED) is 0.863. The second-order valence-electron chi connectivity index (χ2n) is 6.31. The Balaban J connectivity index is 1.35. The normalized spacial score (nSPS) is 17.8. The van der Waals surface area contributed by atoms with Crippen LogP contribution >= 0.6 is 11.3 Å². The van der Waals surface area contributed by atoms with Crippen molar-refractivity contribution in [1.82, 2.24) is 14.8 Å². The van der Waals surface area contributed by atoms with Crippen molar-refractivity contribution in [2.45, 2.75) is 13.0 Å². The Kier molecular flexibility index (Phi) is 5.00. The van der Waals surface area contributed by atoms with Crippen molar-refractivity contribution < 1.29 is 18.7 Å². The number of carbonyl (C=O) groups is 2. The van der Waals surface area contributed by atoms with E-state index in [1.54, 1.807) is 6.07 Å². The molecule has 0 unspecified atom stereocenters. The van der Waals surface area contributed by atoms with E-state index in [2.05, 4.69) is 15.2 Å². The molecule has 0 atom stereocenters. The molecular formula is C17H20N4O4S. The number of carbonyl (C=O) groups excluding carboxylic acids is 2. The lowest BCUT2D eigenvalue weighted by atomic mass is 10.2. The van der Waals surface area contributed by atoms with Gasteiger partial charge in [-0.15, -0.1) is 11.3 Å². The molecule has 2 aliphatic heterocycles. The number of furan rings is 1. The van der Waals surface area contributed by atoms with Crippen molar-refractivity contribution in [2.75, 3.05) is 44.7 Å². The number of thiazole rings is 1. The molecule has 8 nitrogen and oxygen atoms in total. The third-order valence-corrected chi connectivity index (χ3v) is 5.53. The van der Waals surface area contributed by atoms with Crippen LogP contribution in [0.1, 0.15) is 20.9 Å². The number of nitrogens with one attached hydrogen (secondary N) is 1. The fourth-order valence-corrected chi connectivity index (χ4v) is 4.15. The average Bonchev–Trinajstić information content (AvgIpc) is 3.31. The molecule has 26 heavy (non-hydrogen) atoms. The van der Waals surface area contributed by atoms with E-state index in [0.717, 1.165) is 23.5 Å². The minimum atomic E-state index is -0.232. The predicted molar refractivity (Wildman–Crippen MR) is 95.2 cm³/mol. The van der Waals surface area contributed by atoms with E-state index >= 15 is 0 Å². The zero-order valence-electron chi connectivity index (χ0n) is 14.3. The van der Waals surface area contributed by atoms with E-state index < -0.39 is 0 Å². The molecule has 0 saturated carbocycles. The van der Waals surface area contributed by atoms with Crippen LogP contribution in [0.3, 0.4) is 0 Å². The van der Waals surface area contributed by atoms with Gasteiger partial charge in [-0.05, 0) is 6.07 Å². The molecule has 0 radical (unpaired) electrons. The SMILES string of the molecule is O=C(Nc1nc2c(s1)CN(CC(=O)N1CCOCC1)CC2)c1ccoc1. The van der Waals surface area contributed by atoms with Gasteiger partial charge in [-0.1, -0.05) is 0 Å². The summed E-state index contributed by atoms with van der Waals surface area (Å²) in [5.41, 5.74) is 1.48. The summed E-state index contributed by atoms with van der Waals surface area (Å²) in [6.07, 6.45) is 3.65. The topological polar surface area (TPSA) is 87.9 Å². The summed E-state index contributed by atoms with van der Waals surface area (Å²) in [5, 5.41) is 3.40. The number of amides is 2. The number of morpholine rings is 1. The molecule has 1 saturated heterocycles. The maximum absolute atomic E-state index is 12.4. The maximum Gasteiger partial charge on any atom is 0.260 e. The highest BCUT2D eigenvalue weighted by molar-refractivity contribution is 7.15. The summed E-state index contributed by atoms with van der Waals surface area (Å²) >= 11 is 1.47. The van der Waals surface area contributed by atoms with Crippen LogP contribution in [-0.2, 0) is 22.5 Å². The monoisotopic (exact) mass is 376 g/mol. The van der Waals surface area contributed by atoms with Crippen LogP contribution in [0.4, 0.5) is 5.13 Å². The van der Waals surface area contributed by atoms with Crippen molar-refractivity contribution >= 4 is 28.3 Å². The van der Waals surface area contributed by atoms with Gasteiger partial charge in [0.15, 0.2) is 5.13 Å². The largest absolute Gasteiger partial charge is 0.472 e. The lowest BCUT2D eigenvalue weighted by Gasteiger charge is -2.31. The van der Waals surface area contributed by atoms with Crippen LogP contribution in [0.25, 0.3) is 0 Å². The molecule has 0 bridgehead atoms. The van der Waals surface area contributed by atoms with Crippen molar-refractivity contribution in [1.29, 1.82) is 0 Å². The average molecular weight is 376 g/mol. The second kappa shape index (κ2) is 7.56. The van der Waals surface area contributed by atoms with Crippen molar-refractivity contribution in [3.8, 4) is 0 Å². The Bertz CT molecular complexity index is 783. The summed E-state index contributed by atoms with van der Waals surface area (Å²) in [5.74, 6) is -0.0843. The van der Waals surface area contributed by atoms with Gasteiger partial charge in [0.1, 0.15) is 6.26 Å². The fourth-order valence-electron chi connectivity index (χ4n) is 3.10. The number of anilines is 1. The molecule has 2 aromatic rings. The van der Waals surface area contributed by atoms with Gasteiger partial charge >= 0.3 is 0 Å².